The summed E-state index contributed by atoms with van der Waals surface area (Å²) in [6.45, 7) is 0. The molecular weight excluding hydrogens is 470 g/mol. The summed E-state index contributed by atoms with van der Waals surface area (Å²) in [6.07, 6.45) is 2.03. The minimum absolute atomic E-state index is 0.0478. The Labute approximate surface area is 195 Å². The molecule has 0 spiro atoms. The Morgan fingerprint density at radius 1 is 1.03 bits per heavy atom. The number of carbonyl (C=O) groups excluding carboxylic acids is 2. The maximum absolute atomic E-state index is 12.9. The standard InChI is InChI=1S/C21H12ClN5O7/c22-13-8-12(9-16-20(28)24-25(21(16)29)14-4-2-1-3-5-14)19(17(10-13)27(32)33)34-18-7-6-15(11-23-18)26(30)31/h1-11H,(H,24,28). The summed E-state index contributed by atoms with van der Waals surface area (Å²) < 4.78 is 5.55. The number of nitrogens with zero attached hydrogens (tertiary/aromatic N) is 4. The third-order valence-corrected chi connectivity index (χ3v) is 4.82. The topological polar surface area (TPSA) is 158 Å². The quantitative estimate of drug-likeness (QED) is 0.241. The van der Waals surface area contributed by atoms with Gasteiger partial charge >= 0.3 is 5.69 Å². The number of nitro groups is 2. The van der Waals surface area contributed by atoms with Gasteiger partial charge in [-0.15, -0.1) is 0 Å². The van der Waals surface area contributed by atoms with E-state index in [1.54, 1.807) is 30.3 Å². The zero-order valence-electron chi connectivity index (χ0n) is 16.9. The van der Waals surface area contributed by atoms with E-state index in [-0.39, 0.29) is 33.5 Å². The van der Waals surface area contributed by atoms with Crippen LogP contribution in [0.15, 0.2) is 66.4 Å². The predicted molar refractivity (Wildman–Crippen MR) is 119 cm³/mol. The number of pyridine rings is 1. The number of ether oxygens (including phenoxy) is 1. The van der Waals surface area contributed by atoms with Gasteiger partial charge in [0.05, 0.1) is 15.5 Å². The van der Waals surface area contributed by atoms with Gasteiger partial charge in [0.15, 0.2) is 0 Å². The summed E-state index contributed by atoms with van der Waals surface area (Å²) in [5.74, 6) is -1.99. The highest BCUT2D eigenvalue weighted by Crippen LogP contribution is 2.39. The number of aromatic nitrogens is 1. The van der Waals surface area contributed by atoms with Crippen molar-refractivity contribution in [2.45, 2.75) is 0 Å². The molecule has 1 saturated heterocycles. The Kier molecular flexibility index (Phi) is 5.89. The van der Waals surface area contributed by atoms with E-state index in [0.717, 1.165) is 35.5 Å². The van der Waals surface area contributed by atoms with Crippen LogP contribution in [0.3, 0.4) is 0 Å². The Hall–Kier alpha value is -4.84. The number of halogens is 1. The minimum Gasteiger partial charge on any atom is -0.431 e. The molecular formula is C21H12ClN5O7. The maximum atomic E-state index is 12.9. The first-order chi connectivity index (χ1) is 16.2. The second kappa shape index (κ2) is 8.96. The van der Waals surface area contributed by atoms with Crippen LogP contribution in [0.25, 0.3) is 6.08 Å². The van der Waals surface area contributed by atoms with E-state index in [0.29, 0.717) is 5.69 Å². The van der Waals surface area contributed by atoms with E-state index >= 15 is 0 Å². The fourth-order valence-corrected chi connectivity index (χ4v) is 3.29. The lowest BCUT2D eigenvalue weighted by atomic mass is 10.1. The van der Waals surface area contributed by atoms with Crippen molar-refractivity contribution in [1.29, 1.82) is 0 Å². The first kappa shape index (κ1) is 22.4. The lowest BCUT2D eigenvalue weighted by molar-refractivity contribution is -0.385. The van der Waals surface area contributed by atoms with Crippen LogP contribution >= 0.6 is 11.6 Å². The van der Waals surface area contributed by atoms with Crippen LogP contribution in [0.4, 0.5) is 17.1 Å². The average Bonchev–Trinajstić information content (AvgIpc) is 3.09. The van der Waals surface area contributed by atoms with Gasteiger partial charge < -0.3 is 4.74 Å². The highest BCUT2D eigenvalue weighted by molar-refractivity contribution is 6.32. The Balaban J connectivity index is 1.77. The van der Waals surface area contributed by atoms with Crippen LogP contribution in [0.5, 0.6) is 11.6 Å². The van der Waals surface area contributed by atoms with Gasteiger partial charge in [0.2, 0.25) is 11.6 Å². The van der Waals surface area contributed by atoms with E-state index in [1.807, 2.05) is 0 Å². The molecule has 0 unspecified atom stereocenters. The number of hydrazine groups is 1. The van der Waals surface area contributed by atoms with Gasteiger partial charge in [0, 0.05) is 28.8 Å². The molecule has 3 aromatic rings. The third-order valence-electron chi connectivity index (χ3n) is 4.60. The monoisotopic (exact) mass is 481 g/mol. The number of hydrogen-bond donors (Lipinski definition) is 1. The van der Waals surface area contributed by atoms with Crippen molar-refractivity contribution in [3.8, 4) is 11.6 Å². The zero-order chi connectivity index (χ0) is 24.4. The molecule has 1 aliphatic rings. The van der Waals surface area contributed by atoms with Crippen molar-refractivity contribution in [2.75, 3.05) is 5.01 Å². The van der Waals surface area contributed by atoms with Crippen LogP contribution in [0, 0.1) is 20.2 Å². The average molecular weight is 482 g/mol. The number of para-hydroxylation sites is 1. The van der Waals surface area contributed by atoms with E-state index in [9.17, 15) is 29.8 Å². The van der Waals surface area contributed by atoms with Crippen LogP contribution in [-0.2, 0) is 9.59 Å². The molecule has 2 aromatic carbocycles. The van der Waals surface area contributed by atoms with Crippen molar-refractivity contribution in [3.63, 3.8) is 0 Å². The normalized spacial score (nSPS) is 14.3. The fourth-order valence-electron chi connectivity index (χ4n) is 3.07. The summed E-state index contributed by atoms with van der Waals surface area (Å²) in [5, 5.41) is 23.5. The van der Waals surface area contributed by atoms with Crippen molar-refractivity contribution in [2.24, 2.45) is 0 Å². The molecule has 0 atom stereocenters. The highest BCUT2D eigenvalue weighted by atomic mass is 35.5. The van der Waals surface area contributed by atoms with E-state index in [4.69, 9.17) is 16.3 Å². The lowest BCUT2D eigenvalue weighted by Crippen LogP contribution is -2.35. The van der Waals surface area contributed by atoms with Crippen LogP contribution in [-0.4, -0.2) is 26.6 Å². The maximum Gasteiger partial charge on any atom is 0.313 e. The summed E-state index contributed by atoms with van der Waals surface area (Å²) in [7, 11) is 0. The molecule has 0 bridgehead atoms. The molecule has 1 fully saturated rings. The van der Waals surface area contributed by atoms with Crippen LogP contribution < -0.4 is 15.2 Å². The minimum atomic E-state index is -0.762. The number of rotatable bonds is 6. The van der Waals surface area contributed by atoms with Crippen molar-refractivity contribution in [3.05, 3.63) is 97.2 Å². The van der Waals surface area contributed by atoms with E-state index in [1.165, 1.54) is 6.07 Å². The Bertz CT molecular complexity index is 1360. The van der Waals surface area contributed by atoms with E-state index < -0.39 is 27.3 Å². The smallest absolute Gasteiger partial charge is 0.313 e. The lowest BCUT2D eigenvalue weighted by Gasteiger charge is -2.14. The van der Waals surface area contributed by atoms with Gasteiger partial charge in [-0.25, -0.2) is 9.99 Å². The summed E-state index contributed by atoms with van der Waals surface area (Å²) in [5.41, 5.74) is 1.59. The molecule has 2 heterocycles. The Morgan fingerprint density at radius 3 is 2.38 bits per heavy atom. The molecule has 4 rings (SSSR count). The predicted octanol–water partition coefficient (Wildman–Crippen LogP) is 3.81. The van der Waals surface area contributed by atoms with Gasteiger partial charge in [0.1, 0.15) is 11.8 Å². The molecule has 1 aliphatic heterocycles. The fraction of sp³-hybridized carbons (Fsp3) is 0. The number of benzene rings is 2. The number of carbonyl (C=O) groups is 2. The van der Waals surface area contributed by atoms with Gasteiger partial charge in [-0.1, -0.05) is 29.8 Å². The molecule has 0 radical (unpaired) electrons. The van der Waals surface area contributed by atoms with Gasteiger partial charge in [-0.2, -0.15) is 0 Å². The third kappa shape index (κ3) is 4.38. The molecule has 1 aromatic heterocycles. The molecule has 13 heteroatoms. The Morgan fingerprint density at radius 2 is 1.76 bits per heavy atom. The molecule has 34 heavy (non-hydrogen) atoms. The van der Waals surface area contributed by atoms with Gasteiger partial charge in [-0.3, -0.25) is 35.2 Å². The summed E-state index contributed by atoms with van der Waals surface area (Å²) in [4.78, 5) is 50.2. The van der Waals surface area contributed by atoms with Crippen molar-refractivity contribution < 1.29 is 24.2 Å². The van der Waals surface area contributed by atoms with Crippen LogP contribution in [0.1, 0.15) is 5.56 Å². The molecule has 0 saturated carbocycles. The second-order valence-electron chi connectivity index (χ2n) is 6.79. The van der Waals surface area contributed by atoms with Gasteiger partial charge in [0.25, 0.3) is 17.5 Å². The van der Waals surface area contributed by atoms with Crippen molar-refractivity contribution in [1.82, 2.24) is 10.4 Å². The molecule has 170 valence electrons. The first-order valence-electron chi connectivity index (χ1n) is 9.43. The number of amides is 2. The van der Waals surface area contributed by atoms with Crippen LogP contribution in [0.2, 0.25) is 5.02 Å². The zero-order valence-corrected chi connectivity index (χ0v) is 17.6. The molecule has 12 nitrogen and oxygen atoms in total. The van der Waals surface area contributed by atoms with Gasteiger partial charge in [-0.05, 0) is 24.3 Å². The number of anilines is 1. The molecule has 0 aliphatic carbocycles. The number of nitrogens with one attached hydrogen (secondary N) is 1. The molecule has 1 N–H and O–H groups in total. The van der Waals surface area contributed by atoms with Crippen molar-refractivity contribution >= 4 is 46.6 Å². The summed E-state index contributed by atoms with van der Waals surface area (Å²) >= 11 is 6.03. The SMILES string of the molecule is O=C1NN(c2ccccc2)C(=O)C1=Cc1cc(Cl)cc([N+](=O)[O-])c1Oc1ccc([N+](=O)[O-])cn1. The first-order valence-corrected chi connectivity index (χ1v) is 9.81. The highest BCUT2D eigenvalue weighted by Gasteiger charge is 2.35. The number of hydrogen-bond acceptors (Lipinski definition) is 8. The largest absolute Gasteiger partial charge is 0.431 e. The number of nitro benzene ring substituents is 1. The molecule has 2 amide bonds. The second-order valence-corrected chi connectivity index (χ2v) is 7.23. The summed E-state index contributed by atoms with van der Waals surface area (Å²) in [6, 6.07) is 12.9. The van der Waals surface area contributed by atoms with E-state index in [2.05, 4.69) is 10.4 Å².